The summed E-state index contributed by atoms with van der Waals surface area (Å²) in [4.78, 5) is 0. The molecule has 1 N–H and O–H groups in total. The van der Waals surface area contributed by atoms with Gasteiger partial charge in [-0.1, -0.05) is 30.5 Å². The Labute approximate surface area is 126 Å². The second kappa shape index (κ2) is 7.19. The Morgan fingerprint density at radius 1 is 1.25 bits per heavy atom. The Hall–Kier alpha value is -0.930. The fraction of sp³-hybridized carbons (Fsp3) is 0.625. The van der Waals surface area contributed by atoms with E-state index in [9.17, 15) is 0 Å². The zero-order chi connectivity index (χ0) is 14.5. The van der Waals surface area contributed by atoms with Gasteiger partial charge in [0.2, 0.25) is 0 Å². The van der Waals surface area contributed by atoms with Gasteiger partial charge in [0.15, 0.2) is 11.5 Å². The number of halogens is 1. The highest BCUT2D eigenvalue weighted by molar-refractivity contribution is 6.33. The maximum absolute atomic E-state index is 6.39. The number of nitrogens with one attached hydrogen (secondary N) is 1. The monoisotopic (exact) mass is 297 g/mol. The molecule has 3 nitrogen and oxygen atoms in total. The minimum absolute atomic E-state index is 0.529. The SMILES string of the molecule is COc1ccc(CNC(C)C2CCCC2)c(Cl)c1OC. The summed E-state index contributed by atoms with van der Waals surface area (Å²) in [6.45, 7) is 3.03. The lowest BCUT2D eigenvalue weighted by molar-refractivity contribution is 0.353. The third kappa shape index (κ3) is 3.39. The minimum atomic E-state index is 0.529. The predicted octanol–water partition coefficient (Wildman–Crippen LogP) is 4.03. The van der Waals surface area contributed by atoms with Crippen molar-refractivity contribution in [2.45, 2.75) is 45.2 Å². The van der Waals surface area contributed by atoms with Crippen LogP contribution in [0.2, 0.25) is 5.02 Å². The maximum atomic E-state index is 6.39. The molecule has 0 radical (unpaired) electrons. The molecule has 20 heavy (non-hydrogen) atoms. The van der Waals surface area contributed by atoms with Gasteiger partial charge in [0.25, 0.3) is 0 Å². The second-order valence-corrected chi connectivity index (χ2v) is 5.87. The zero-order valence-corrected chi connectivity index (χ0v) is 13.3. The van der Waals surface area contributed by atoms with Crippen LogP contribution in [0.3, 0.4) is 0 Å². The molecule has 1 aliphatic carbocycles. The van der Waals surface area contributed by atoms with E-state index in [1.165, 1.54) is 25.7 Å². The van der Waals surface area contributed by atoms with Gasteiger partial charge in [-0.15, -0.1) is 0 Å². The second-order valence-electron chi connectivity index (χ2n) is 5.49. The fourth-order valence-corrected chi connectivity index (χ4v) is 3.26. The van der Waals surface area contributed by atoms with E-state index in [0.29, 0.717) is 22.6 Å². The summed E-state index contributed by atoms with van der Waals surface area (Å²) < 4.78 is 10.6. The molecule has 1 unspecified atom stereocenters. The van der Waals surface area contributed by atoms with Crippen molar-refractivity contribution in [1.82, 2.24) is 5.32 Å². The molecule has 0 saturated heterocycles. The van der Waals surface area contributed by atoms with Gasteiger partial charge in [-0.3, -0.25) is 0 Å². The van der Waals surface area contributed by atoms with Crippen molar-refractivity contribution in [3.05, 3.63) is 22.7 Å². The van der Waals surface area contributed by atoms with E-state index in [4.69, 9.17) is 21.1 Å². The summed E-state index contributed by atoms with van der Waals surface area (Å²) in [6.07, 6.45) is 5.42. The van der Waals surface area contributed by atoms with Crippen molar-refractivity contribution in [3.63, 3.8) is 0 Å². The Balaban J connectivity index is 2.02. The first-order valence-electron chi connectivity index (χ1n) is 7.30. The third-order valence-electron chi connectivity index (χ3n) is 4.29. The fourth-order valence-electron chi connectivity index (χ4n) is 2.96. The molecule has 1 fully saturated rings. The molecule has 1 aromatic carbocycles. The van der Waals surface area contributed by atoms with Gasteiger partial charge in [0.1, 0.15) is 0 Å². The van der Waals surface area contributed by atoms with E-state index in [0.717, 1.165) is 18.0 Å². The van der Waals surface area contributed by atoms with E-state index < -0.39 is 0 Å². The third-order valence-corrected chi connectivity index (χ3v) is 4.70. The van der Waals surface area contributed by atoms with Crippen molar-refractivity contribution in [3.8, 4) is 11.5 Å². The van der Waals surface area contributed by atoms with Crippen LogP contribution in [-0.4, -0.2) is 20.3 Å². The van der Waals surface area contributed by atoms with Crippen LogP contribution in [-0.2, 0) is 6.54 Å². The Kier molecular flexibility index (Phi) is 5.55. The van der Waals surface area contributed by atoms with Gasteiger partial charge in [-0.25, -0.2) is 0 Å². The van der Waals surface area contributed by atoms with E-state index in [1.807, 2.05) is 12.1 Å². The molecule has 0 aromatic heterocycles. The Bertz CT molecular complexity index is 444. The molecular weight excluding hydrogens is 274 g/mol. The van der Waals surface area contributed by atoms with Crippen molar-refractivity contribution in [2.75, 3.05) is 14.2 Å². The normalized spacial score (nSPS) is 17.2. The molecule has 0 spiro atoms. The van der Waals surface area contributed by atoms with Crippen LogP contribution in [0.4, 0.5) is 0 Å². The van der Waals surface area contributed by atoms with Crippen molar-refractivity contribution >= 4 is 11.6 Å². The van der Waals surface area contributed by atoms with Gasteiger partial charge < -0.3 is 14.8 Å². The van der Waals surface area contributed by atoms with Crippen LogP contribution >= 0.6 is 11.6 Å². The van der Waals surface area contributed by atoms with Gasteiger partial charge in [0.05, 0.1) is 19.2 Å². The average molecular weight is 298 g/mol. The predicted molar refractivity (Wildman–Crippen MR) is 82.8 cm³/mol. The maximum Gasteiger partial charge on any atom is 0.179 e. The summed E-state index contributed by atoms with van der Waals surface area (Å²) in [7, 11) is 3.23. The molecule has 1 aromatic rings. The number of hydrogen-bond acceptors (Lipinski definition) is 3. The van der Waals surface area contributed by atoms with Crippen molar-refractivity contribution < 1.29 is 9.47 Å². The molecule has 1 saturated carbocycles. The summed E-state index contributed by atoms with van der Waals surface area (Å²) in [5.74, 6) is 2.08. The number of hydrogen-bond donors (Lipinski definition) is 1. The smallest absolute Gasteiger partial charge is 0.179 e. The number of ether oxygens (including phenoxy) is 2. The molecule has 0 amide bonds. The topological polar surface area (TPSA) is 30.5 Å². The average Bonchev–Trinajstić information content (AvgIpc) is 2.99. The highest BCUT2D eigenvalue weighted by Crippen LogP contribution is 2.37. The Morgan fingerprint density at radius 3 is 2.55 bits per heavy atom. The zero-order valence-electron chi connectivity index (χ0n) is 12.5. The van der Waals surface area contributed by atoms with Crippen LogP contribution < -0.4 is 14.8 Å². The standard InChI is InChI=1S/C16H24ClNO2/c1-11(12-6-4-5-7-12)18-10-13-8-9-14(19-2)16(20-3)15(13)17/h8-9,11-12,18H,4-7,10H2,1-3H3. The summed E-state index contributed by atoms with van der Waals surface area (Å²) in [5.41, 5.74) is 1.05. The molecule has 1 aliphatic rings. The molecular formula is C16H24ClNO2. The van der Waals surface area contributed by atoms with Gasteiger partial charge in [-0.05, 0) is 37.3 Å². The van der Waals surface area contributed by atoms with Crippen molar-refractivity contribution in [1.29, 1.82) is 0 Å². The van der Waals surface area contributed by atoms with Gasteiger partial charge >= 0.3 is 0 Å². The first-order chi connectivity index (χ1) is 9.67. The summed E-state index contributed by atoms with van der Waals surface area (Å²) in [6, 6.07) is 4.43. The molecule has 1 atom stereocenters. The molecule has 0 aliphatic heterocycles. The minimum Gasteiger partial charge on any atom is -0.493 e. The highest BCUT2D eigenvalue weighted by atomic mass is 35.5. The number of rotatable bonds is 6. The molecule has 4 heteroatoms. The summed E-state index contributed by atoms with van der Waals surface area (Å²) in [5, 5.41) is 4.23. The summed E-state index contributed by atoms with van der Waals surface area (Å²) >= 11 is 6.39. The van der Waals surface area contributed by atoms with Gasteiger partial charge in [0, 0.05) is 12.6 Å². The van der Waals surface area contributed by atoms with E-state index in [-0.39, 0.29) is 0 Å². The van der Waals surface area contributed by atoms with Crippen LogP contribution in [0.25, 0.3) is 0 Å². The first-order valence-corrected chi connectivity index (χ1v) is 7.68. The molecule has 112 valence electrons. The van der Waals surface area contributed by atoms with E-state index in [1.54, 1.807) is 14.2 Å². The number of benzene rings is 1. The molecule has 2 rings (SSSR count). The quantitative estimate of drug-likeness (QED) is 0.860. The van der Waals surface area contributed by atoms with E-state index >= 15 is 0 Å². The van der Waals surface area contributed by atoms with E-state index in [2.05, 4.69) is 12.2 Å². The van der Waals surface area contributed by atoms with Crippen LogP contribution in [0.5, 0.6) is 11.5 Å². The lowest BCUT2D eigenvalue weighted by atomic mass is 9.99. The molecule has 0 bridgehead atoms. The lowest BCUT2D eigenvalue weighted by Crippen LogP contribution is -2.31. The van der Waals surface area contributed by atoms with Crippen molar-refractivity contribution in [2.24, 2.45) is 5.92 Å². The highest BCUT2D eigenvalue weighted by Gasteiger charge is 2.21. The van der Waals surface area contributed by atoms with Crippen LogP contribution in [0.15, 0.2) is 12.1 Å². The van der Waals surface area contributed by atoms with Crippen LogP contribution in [0, 0.1) is 5.92 Å². The molecule has 0 heterocycles. The number of methoxy groups -OCH3 is 2. The Morgan fingerprint density at radius 2 is 1.95 bits per heavy atom. The largest absolute Gasteiger partial charge is 0.493 e. The first kappa shape index (κ1) is 15.5. The lowest BCUT2D eigenvalue weighted by Gasteiger charge is -2.21. The van der Waals surface area contributed by atoms with Gasteiger partial charge in [-0.2, -0.15) is 0 Å². The van der Waals surface area contributed by atoms with Crippen LogP contribution in [0.1, 0.15) is 38.2 Å².